The zero-order valence-corrected chi connectivity index (χ0v) is 12.3. The van der Waals surface area contributed by atoms with Crippen molar-refractivity contribution in [3.63, 3.8) is 0 Å². The molecule has 0 radical (unpaired) electrons. The lowest BCUT2D eigenvalue weighted by molar-refractivity contribution is -0.136. The lowest BCUT2D eigenvalue weighted by Crippen LogP contribution is -2.41. The van der Waals surface area contributed by atoms with Crippen LogP contribution in [0.2, 0.25) is 0 Å². The predicted octanol–water partition coefficient (Wildman–Crippen LogP) is 1.60. The zero-order chi connectivity index (χ0) is 15.2. The number of benzene rings is 1. The Morgan fingerprint density at radius 3 is 2.48 bits per heavy atom. The van der Waals surface area contributed by atoms with Gasteiger partial charge in [-0.2, -0.15) is 0 Å². The van der Waals surface area contributed by atoms with Crippen LogP contribution in [0.1, 0.15) is 31.2 Å². The molecule has 2 unspecified atom stereocenters. The van der Waals surface area contributed by atoms with Gasteiger partial charge in [-0.1, -0.05) is 30.5 Å². The molecule has 1 saturated carbocycles. The van der Waals surface area contributed by atoms with Crippen LogP contribution < -0.4 is 10.6 Å². The molecule has 5 heteroatoms. The fourth-order valence-corrected chi connectivity index (χ4v) is 2.56. The van der Waals surface area contributed by atoms with E-state index in [4.69, 9.17) is 0 Å². The summed E-state index contributed by atoms with van der Waals surface area (Å²) >= 11 is 0. The molecule has 0 saturated heterocycles. The SMILES string of the molecule is Cc1ccc(NC(=O)C(=O)NCC2CCCCC2O)cc1. The normalized spacial score (nSPS) is 21.6. The van der Waals surface area contributed by atoms with Gasteiger partial charge in [-0.05, 0) is 31.9 Å². The lowest BCUT2D eigenvalue weighted by Gasteiger charge is -2.27. The molecule has 2 amide bonds. The molecule has 21 heavy (non-hydrogen) atoms. The second kappa shape index (κ2) is 7.22. The van der Waals surface area contributed by atoms with Gasteiger partial charge in [0.25, 0.3) is 0 Å². The molecule has 0 heterocycles. The molecule has 1 aliphatic rings. The number of hydrogen-bond acceptors (Lipinski definition) is 3. The Morgan fingerprint density at radius 1 is 1.14 bits per heavy atom. The first-order valence-corrected chi connectivity index (χ1v) is 7.40. The Hall–Kier alpha value is -1.88. The number of hydrogen-bond donors (Lipinski definition) is 3. The van der Waals surface area contributed by atoms with Crippen molar-refractivity contribution < 1.29 is 14.7 Å². The van der Waals surface area contributed by atoms with E-state index in [1.54, 1.807) is 12.1 Å². The number of amides is 2. The Kier molecular flexibility index (Phi) is 5.33. The fourth-order valence-electron chi connectivity index (χ4n) is 2.56. The van der Waals surface area contributed by atoms with Crippen LogP contribution >= 0.6 is 0 Å². The van der Waals surface area contributed by atoms with Gasteiger partial charge in [-0.25, -0.2) is 0 Å². The fraction of sp³-hybridized carbons (Fsp3) is 0.500. The summed E-state index contributed by atoms with van der Waals surface area (Å²) < 4.78 is 0. The molecule has 2 rings (SSSR count). The summed E-state index contributed by atoms with van der Waals surface area (Å²) in [6, 6.07) is 7.24. The zero-order valence-electron chi connectivity index (χ0n) is 12.3. The van der Waals surface area contributed by atoms with Crippen molar-refractivity contribution >= 4 is 17.5 Å². The van der Waals surface area contributed by atoms with Crippen molar-refractivity contribution in [2.45, 2.75) is 38.7 Å². The first-order valence-electron chi connectivity index (χ1n) is 7.40. The third-order valence-electron chi connectivity index (χ3n) is 3.91. The maximum atomic E-state index is 11.8. The molecule has 114 valence electrons. The average Bonchev–Trinajstić information content (AvgIpc) is 2.48. The maximum absolute atomic E-state index is 11.8. The summed E-state index contributed by atoms with van der Waals surface area (Å²) in [5.41, 5.74) is 1.68. The van der Waals surface area contributed by atoms with E-state index in [0.29, 0.717) is 12.2 Å². The summed E-state index contributed by atoms with van der Waals surface area (Å²) in [6.45, 7) is 2.30. The summed E-state index contributed by atoms with van der Waals surface area (Å²) in [5, 5.41) is 15.0. The van der Waals surface area contributed by atoms with Gasteiger partial charge in [0.2, 0.25) is 0 Å². The molecular formula is C16H22N2O3. The molecule has 0 spiro atoms. The van der Waals surface area contributed by atoms with Gasteiger partial charge in [-0.3, -0.25) is 9.59 Å². The summed E-state index contributed by atoms with van der Waals surface area (Å²) in [5.74, 6) is -1.28. The minimum absolute atomic E-state index is 0.0508. The largest absolute Gasteiger partial charge is 0.393 e. The van der Waals surface area contributed by atoms with Crippen LogP contribution in [0.15, 0.2) is 24.3 Å². The molecule has 0 aromatic heterocycles. The Bertz CT molecular complexity index is 499. The standard InChI is InChI=1S/C16H22N2O3/c1-11-6-8-13(9-7-11)18-16(21)15(20)17-10-12-4-2-3-5-14(12)19/h6-9,12,14,19H,2-5,10H2,1H3,(H,17,20)(H,18,21). The quantitative estimate of drug-likeness (QED) is 0.740. The maximum Gasteiger partial charge on any atom is 0.313 e. The summed E-state index contributed by atoms with van der Waals surface area (Å²) in [6.07, 6.45) is 3.38. The van der Waals surface area contributed by atoms with Gasteiger partial charge in [0, 0.05) is 18.2 Å². The van der Waals surface area contributed by atoms with Gasteiger partial charge in [-0.15, -0.1) is 0 Å². The number of anilines is 1. The van der Waals surface area contributed by atoms with Crippen molar-refractivity contribution in [2.24, 2.45) is 5.92 Å². The highest BCUT2D eigenvalue weighted by Gasteiger charge is 2.24. The van der Waals surface area contributed by atoms with Gasteiger partial charge >= 0.3 is 11.8 Å². The number of carbonyl (C=O) groups excluding carboxylic acids is 2. The number of carbonyl (C=O) groups is 2. The average molecular weight is 290 g/mol. The van der Waals surface area contributed by atoms with Crippen LogP contribution in [0.3, 0.4) is 0 Å². The van der Waals surface area contributed by atoms with E-state index >= 15 is 0 Å². The van der Waals surface area contributed by atoms with E-state index in [2.05, 4.69) is 10.6 Å². The number of aliphatic hydroxyl groups is 1. The van der Waals surface area contributed by atoms with E-state index in [9.17, 15) is 14.7 Å². The van der Waals surface area contributed by atoms with Crippen LogP contribution in [-0.2, 0) is 9.59 Å². The van der Waals surface area contributed by atoms with Gasteiger partial charge in [0.1, 0.15) is 0 Å². The molecular weight excluding hydrogens is 268 g/mol. The van der Waals surface area contributed by atoms with Gasteiger partial charge < -0.3 is 15.7 Å². The third-order valence-corrected chi connectivity index (χ3v) is 3.91. The summed E-state index contributed by atoms with van der Waals surface area (Å²) in [4.78, 5) is 23.5. The lowest BCUT2D eigenvalue weighted by atomic mass is 9.86. The van der Waals surface area contributed by atoms with E-state index in [1.165, 1.54) is 0 Å². The predicted molar refractivity (Wildman–Crippen MR) is 80.8 cm³/mol. The highest BCUT2D eigenvalue weighted by molar-refractivity contribution is 6.39. The topological polar surface area (TPSA) is 78.4 Å². The molecule has 1 fully saturated rings. The molecule has 0 bridgehead atoms. The Morgan fingerprint density at radius 2 is 1.81 bits per heavy atom. The first kappa shape index (κ1) is 15.5. The molecule has 2 atom stereocenters. The van der Waals surface area contributed by atoms with Crippen molar-refractivity contribution in [3.8, 4) is 0 Å². The van der Waals surface area contributed by atoms with Crippen molar-refractivity contribution in [2.75, 3.05) is 11.9 Å². The van der Waals surface area contributed by atoms with E-state index in [0.717, 1.165) is 31.2 Å². The first-order chi connectivity index (χ1) is 10.1. The number of nitrogens with one attached hydrogen (secondary N) is 2. The number of rotatable bonds is 3. The van der Waals surface area contributed by atoms with Crippen molar-refractivity contribution in [3.05, 3.63) is 29.8 Å². The van der Waals surface area contributed by atoms with Crippen LogP contribution in [0, 0.1) is 12.8 Å². The molecule has 1 aromatic rings. The van der Waals surface area contributed by atoms with Crippen LogP contribution in [-0.4, -0.2) is 29.6 Å². The molecule has 1 aromatic carbocycles. The molecule has 3 N–H and O–H groups in total. The Balaban J connectivity index is 1.79. The molecule has 1 aliphatic carbocycles. The van der Waals surface area contributed by atoms with E-state index in [1.807, 2.05) is 19.1 Å². The minimum atomic E-state index is -0.677. The van der Waals surface area contributed by atoms with E-state index < -0.39 is 11.8 Å². The highest BCUT2D eigenvalue weighted by Crippen LogP contribution is 2.23. The summed E-state index contributed by atoms with van der Waals surface area (Å²) in [7, 11) is 0. The second-order valence-electron chi connectivity index (χ2n) is 5.64. The van der Waals surface area contributed by atoms with Crippen molar-refractivity contribution in [1.29, 1.82) is 0 Å². The van der Waals surface area contributed by atoms with Gasteiger partial charge in [0.05, 0.1) is 6.10 Å². The van der Waals surface area contributed by atoms with E-state index in [-0.39, 0.29) is 12.0 Å². The number of aliphatic hydroxyl groups excluding tert-OH is 1. The van der Waals surface area contributed by atoms with Crippen LogP contribution in [0.4, 0.5) is 5.69 Å². The second-order valence-corrected chi connectivity index (χ2v) is 5.64. The van der Waals surface area contributed by atoms with Gasteiger partial charge in [0.15, 0.2) is 0 Å². The third kappa shape index (κ3) is 4.56. The highest BCUT2D eigenvalue weighted by atomic mass is 16.3. The minimum Gasteiger partial charge on any atom is -0.393 e. The molecule has 0 aliphatic heterocycles. The Labute approximate surface area is 124 Å². The van der Waals surface area contributed by atoms with Crippen molar-refractivity contribution in [1.82, 2.24) is 5.32 Å². The smallest absolute Gasteiger partial charge is 0.313 e. The van der Waals surface area contributed by atoms with Crippen LogP contribution in [0.5, 0.6) is 0 Å². The number of aryl methyl sites for hydroxylation is 1. The van der Waals surface area contributed by atoms with Crippen LogP contribution in [0.25, 0.3) is 0 Å². The molecule has 5 nitrogen and oxygen atoms in total. The monoisotopic (exact) mass is 290 g/mol.